The van der Waals surface area contributed by atoms with Crippen molar-refractivity contribution in [2.75, 3.05) is 0 Å². The molecule has 0 aliphatic heterocycles. The molecule has 0 saturated heterocycles. The molecule has 2 saturated carbocycles. The summed E-state index contributed by atoms with van der Waals surface area (Å²) in [5.41, 5.74) is 0. The maximum atomic E-state index is 10.8. The van der Waals surface area contributed by atoms with Crippen LogP contribution >= 0.6 is 0 Å². The van der Waals surface area contributed by atoms with Gasteiger partial charge in [-0.1, -0.05) is 32.6 Å². The van der Waals surface area contributed by atoms with Crippen molar-refractivity contribution < 1.29 is 4.79 Å². The fraction of sp³-hybridized carbons (Fsp3) is 0.938. The molecule has 2 rings (SSSR count). The smallest absolute Gasteiger partial charge is 0.123 e. The predicted octanol–water partition coefficient (Wildman–Crippen LogP) is 4.60. The van der Waals surface area contributed by atoms with Crippen LogP contribution in [0, 0.1) is 23.7 Å². The highest BCUT2D eigenvalue weighted by Gasteiger charge is 2.30. The molecule has 0 aromatic heterocycles. The summed E-state index contributed by atoms with van der Waals surface area (Å²) in [5, 5.41) is 0. The van der Waals surface area contributed by atoms with E-state index in [1.54, 1.807) is 0 Å². The highest BCUT2D eigenvalue weighted by atomic mass is 16.1. The van der Waals surface area contributed by atoms with Gasteiger partial charge in [0.2, 0.25) is 0 Å². The molecule has 0 spiro atoms. The lowest BCUT2D eigenvalue weighted by Crippen LogP contribution is -2.26. The Hall–Kier alpha value is -0.330. The number of carbonyl (C=O) groups is 1. The van der Waals surface area contributed by atoms with Crippen LogP contribution in [0.15, 0.2) is 0 Å². The summed E-state index contributed by atoms with van der Waals surface area (Å²) in [5.74, 6) is 3.37. The summed E-state index contributed by atoms with van der Waals surface area (Å²) >= 11 is 0. The van der Waals surface area contributed by atoms with Gasteiger partial charge in [-0.25, -0.2) is 0 Å². The Labute approximate surface area is 106 Å². The Morgan fingerprint density at radius 1 is 0.882 bits per heavy atom. The van der Waals surface area contributed by atoms with Gasteiger partial charge in [0.1, 0.15) is 6.29 Å². The third-order valence-electron chi connectivity index (χ3n) is 5.26. The normalized spacial score (nSPS) is 38.9. The third kappa shape index (κ3) is 3.56. The molecule has 0 unspecified atom stereocenters. The molecule has 0 aromatic rings. The molecule has 0 amide bonds. The second kappa shape index (κ2) is 6.56. The molecule has 0 bridgehead atoms. The SMILES string of the molecule is CCC[C@H]1CC[C@H](C2CCC(C=O)CC2)CC1. The van der Waals surface area contributed by atoms with Crippen LogP contribution in [0.3, 0.4) is 0 Å². The van der Waals surface area contributed by atoms with E-state index in [1.807, 2.05) is 0 Å². The number of rotatable bonds is 4. The van der Waals surface area contributed by atoms with E-state index in [9.17, 15) is 4.79 Å². The van der Waals surface area contributed by atoms with Crippen LogP contribution in [0.2, 0.25) is 0 Å². The van der Waals surface area contributed by atoms with Gasteiger partial charge in [-0.15, -0.1) is 0 Å². The highest BCUT2D eigenvalue weighted by Crippen LogP contribution is 2.41. The van der Waals surface area contributed by atoms with Gasteiger partial charge in [0.25, 0.3) is 0 Å². The molecular formula is C16H28O. The first-order valence-electron chi connectivity index (χ1n) is 7.78. The Bertz CT molecular complexity index is 220. The van der Waals surface area contributed by atoms with E-state index >= 15 is 0 Å². The summed E-state index contributed by atoms with van der Waals surface area (Å²) in [6.45, 7) is 2.31. The molecule has 1 heteroatoms. The molecule has 0 atom stereocenters. The standard InChI is InChI=1S/C16H28O/c1-2-3-13-4-8-15(9-5-13)16-10-6-14(12-17)7-11-16/h12-16H,2-11H2,1H3/t13-,14?,15-,16?. The van der Waals surface area contributed by atoms with Crippen molar-refractivity contribution in [3.63, 3.8) is 0 Å². The van der Waals surface area contributed by atoms with E-state index in [-0.39, 0.29) is 0 Å². The fourth-order valence-electron chi connectivity index (χ4n) is 4.11. The second-order valence-electron chi connectivity index (χ2n) is 6.38. The summed E-state index contributed by atoms with van der Waals surface area (Å²) in [7, 11) is 0. The second-order valence-corrected chi connectivity index (χ2v) is 6.38. The van der Waals surface area contributed by atoms with Crippen LogP contribution < -0.4 is 0 Å². The highest BCUT2D eigenvalue weighted by molar-refractivity contribution is 5.53. The third-order valence-corrected chi connectivity index (χ3v) is 5.26. The largest absolute Gasteiger partial charge is 0.303 e. The summed E-state index contributed by atoms with van der Waals surface area (Å²) in [6, 6.07) is 0. The lowest BCUT2D eigenvalue weighted by atomic mass is 9.69. The predicted molar refractivity (Wildman–Crippen MR) is 71.9 cm³/mol. The average molecular weight is 236 g/mol. The van der Waals surface area contributed by atoms with Gasteiger partial charge in [-0.2, -0.15) is 0 Å². The van der Waals surface area contributed by atoms with Crippen LogP contribution in [0.4, 0.5) is 0 Å². The van der Waals surface area contributed by atoms with Gasteiger partial charge in [0, 0.05) is 5.92 Å². The van der Waals surface area contributed by atoms with Crippen molar-refractivity contribution in [3.8, 4) is 0 Å². The average Bonchev–Trinajstić information content (AvgIpc) is 2.40. The van der Waals surface area contributed by atoms with Gasteiger partial charge in [-0.3, -0.25) is 0 Å². The lowest BCUT2D eigenvalue weighted by Gasteiger charge is -2.37. The van der Waals surface area contributed by atoms with Gasteiger partial charge in [-0.05, 0) is 56.3 Å². The first kappa shape index (κ1) is 13.1. The number of aldehydes is 1. The van der Waals surface area contributed by atoms with Gasteiger partial charge >= 0.3 is 0 Å². The molecule has 1 nitrogen and oxygen atoms in total. The maximum Gasteiger partial charge on any atom is 0.123 e. The molecule has 98 valence electrons. The number of hydrogen-bond acceptors (Lipinski definition) is 1. The Morgan fingerprint density at radius 3 is 1.88 bits per heavy atom. The van der Waals surface area contributed by atoms with Crippen LogP contribution in [-0.2, 0) is 4.79 Å². The zero-order valence-electron chi connectivity index (χ0n) is 11.4. The Morgan fingerprint density at radius 2 is 1.41 bits per heavy atom. The first-order chi connectivity index (χ1) is 8.33. The molecule has 0 aromatic carbocycles. The van der Waals surface area contributed by atoms with Crippen LogP contribution in [0.5, 0.6) is 0 Å². The van der Waals surface area contributed by atoms with E-state index in [2.05, 4.69) is 6.92 Å². The molecule has 2 fully saturated rings. The summed E-state index contributed by atoms with van der Waals surface area (Å²) < 4.78 is 0. The Balaban J connectivity index is 1.72. The summed E-state index contributed by atoms with van der Waals surface area (Å²) in [6.07, 6.45) is 14.9. The van der Waals surface area contributed by atoms with E-state index in [0.29, 0.717) is 5.92 Å². The van der Waals surface area contributed by atoms with E-state index in [1.165, 1.54) is 70.5 Å². The van der Waals surface area contributed by atoms with Crippen LogP contribution in [0.25, 0.3) is 0 Å². The van der Waals surface area contributed by atoms with Crippen LogP contribution in [-0.4, -0.2) is 6.29 Å². The van der Waals surface area contributed by atoms with E-state index < -0.39 is 0 Å². The number of hydrogen-bond donors (Lipinski definition) is 0. The minimum Gasteiger partial charge on any atom is -0.303 e. The fourth-order valence-corrected chi connectivity index (χ4v) is 4.11. The Kier molecular flexibility index (Phi) is 5.06. The molecule has 2 aliphatic rings. The zero-order valence-corrected chi connectivity index (χ0v) is 11.4. The monoisotopic (exact) mass is 236 g/mol. The van der Waals surface area contributed by atoms with Crippen molar-refractivity contribution in [3.05, 3.63) is 0 Å². The van der Waals surface area contributed by atoms with Crippen molar-refractivity contribution in [2.24, 2.45) is 23.7 Å². The molecule has 0 heterocycles. The van der Waals surface area contributed by atoms with Crippen molar-refractivity contribution >= 4 is 6.29 Å². The van der Waals surface area contributed by atoms with E-state index in [4.69, 9.17) is 0 Å². The first-order valence-corrected chi connectivity index (χ1v) is 7.78. The zero-order chi connectivity index (χ0) is 12.1. The summed E-state index contributed by atoms with van der Waals surface area (Å²) in [4.78, 5) is 10.8. The molecule has 0 N–H and O–H groups in total. The molecule has 2 aliphatic carbocycles. The molecule has 17 heavy (non-hydrogen) atoms. The topological polar surface area (TPSA) is 17.1 Å². The van der Waals surface area contributed by atoms with Gasteiger partial charge < -0.3 is 4.79 Å². The minimum absolute atomic E-state index is 0.391. The quantitative estimate of drug-likeness (QED) is 0.652. The maximum absolute atomic E-state index is 10.8. The van der Waals surface area contributed by atoms with Gasteiger partial charge in [0.15, 0.2) is 0 Å². The van der Waals surface area contributed by atoms with Crippen molar-refractivity contribution in [1.29, 1.82) is 0 Å². The molecule has 0 radical (unpaired) electrons. The van der Waals surface area contributed by atoms with Crippen LogP contribution in [0.1, 0.15) is 71.1 Å². The molecular weight excluding hydrogens is 208 g/mol. The lowest BCUT2D eigenvalue weighted by molar-refractivity contribution is -0.112. The number of carbonyl (C=O) groups excluding carboxylic acids is 1. The van der Waals surface area contributed by atoms with Crippen molar-refractivity contribution in [2.45, 2.75) is 71.1 Å². The van der Waals surface area contributed by atoms with Crippen molar-refractivity contribution in [1.82, 2.24) is 0 Å². The van der Waals surface area contributed by atoms with Gasteiger partial charge in [0.05, 0.1) is 0 Å². The van der Waals surface area contributed by atoms with E-state index in [0.717, 1.165) is 17.8 Å². The minimum atomic E-state index is 0.391.